The minimum atomic E-state index is -0.398. The topological polar surface area (TPSA) is 90.0 Å². The molecule has 0 spiro atoms. The zero-order valence-electron chi connectivity index (χ0n) is 11.4. The van der Waals surface area contributed by atoms with Crippen molar-refractivity contribution in [1.82, 2.24) is 20.0 Å². The molecule has 20 heavy (non-hydrogen) atoms. The van der Waals surface area contributed by atoms with Gasteiger partial charge in [-0.1, -0.05) is 12.1 Å². The van der Waals surface area contributed by atoms with Crippen molar-refractivity contribution in [3.05, 3.63) is 46.0 Å². The van der Waals surface area contributed by atoms with Gasteiger partial charge in [-0.25, -0.2) is 0 Å². The van der Waals surface area contributed by atoms with Crippen molar-refractivity contribution in [3.8, 4) is 0 Å². The number of pyridine rings is 1. The maximum atomic E-state index is 11.9. The number of hydrogen-bond acceptors (Lipinski definition) is 5. The molecule has 0 bridgehead atoms. The molecule has 1 amide bonds. The lowest BCUT2D eigenvalue weighted by molar-refractivity contribution is 0.0952. The van der Waals surface area contributed by atoms with Crippen LogP contribution in [0.25, 0.3) is 0 Å². The molecule has 2 aromatic rings. The second-order valence-corrected chi connectivity index (χ2v) is 4.30. The lowest BCUT2D eigenvalue weighted by Gasteiger charge is -2.04. The summed E-state index contributed by atoms with van der Waals surface area (Å²) in [5, 5.41) is 6.45. The van der Waals surface area contributed by atoms with E-state index < -0.39 is 5.91 Å². The summed E-state index contributed by atoms with van der Waals surface area (Å²) >= 11 is 0. The third-order valence-corrected chi connectivity index (χ3v) is 2.81. The van der Waals surface area contributed by atoms with Crippen LogP contribution in [0.15, 0.2) is 27.6 Å². The number of carbonyl (C=O) groups is 1. The monoisotopic (exact) mass is 276 g/mol. The molecule has 7 nitrogen and oxygen atoms in total. The maximum Gasteiger partial charge on any atom is 0.263 e. The van der Waals surface area contributed by atoms with Gasteiger partial charge in [0.1, 0.15) is 5.56 Å². The minimum Gasteiger partial charge on any atom is -0.351 e. The molecule has 0 aromatic carbocycles. The van der Waals surface area contributed by atoms with E-state index >= 15 is 0 Å². The average molecular weight is 276 g/mol. The van der Waals surface area contributed by atoms with E-state index in [0.717, 1.165) is 0 Å². The minimum absolute atomic E-state index is 0.123. The van der Waals surface area contributed by atoms with Crippen LogP contribution in [0.2, 0.25) is 0 Å². The number of aromatic nitrogens is 3. The summed E-state index contributed by atoms with van der Waals surface area (Å²) < 4.78 is 6.33. The van der Waals surface area contributed by atoms with Crippen LogP contribution in [-0.2, 0) is 19.9 Å². The molecular weight excluding hydrogens is 260 g/mol. The molecule has 0 unspecified atom stereocenters. The Hall–Kier alpha value is -2.44. The van der Waals surface area contributed by atoms with Gasteiger partial charge in [0.2, 0.25) is 5.89 Å². The van der Waals surface area contributed by atoms with Gasteiger partial charge in [-0.05, 0) is 12.1 Å². The van der Waals surface area contributed by atoms with Crippen LogP contribution in [0.1, 0.15) is 29.0 Å². The third kappa shape index (κ3) is 3.11. The van der Waals surface area contributed by atoms with Crippen LogP contribution in [0.4, 0.5) is 0 Å². The highest BCUT2D eigenvalue weighted by Crippen LogP contribution is 1.98. The molecule has 0 radical (unpaired) electrons. The Morgan fingerprint density at radius 3 is 3.00 bits per heavy atom. The van der Waals surface area contributed by atoms with Crippen molar-refractivity contribution in [2.24, 2.45) is 7.05 Å². The number of rotatable bonds is 5. The Morgan fingerprint density at radius 2 is 2.30 bits per heavy atom. The Balaban J connectivity index is 1.92. The molecule has 0 aliphatic carbocycles. The number of aryl methyl sites for hydroxylation is 2. The van der Waals surface area contributed by atoms with Crippen molar-refractivity contribution in [3.63, 3.8) is 0 Å². The molecule has 0 atom stereocenters. The lowest BCUT2D eigenvalue weighted by atomic mass is 10.2. The second-order valence-electron chi connectivity index (χ2n) is 4.30. The fourth-order valence-corrected chi connectivity index (χ4v) is 1.69. The van der Waals surface area contributed by atoms with Gasteiger partial charge in [0.25, 0.3) is 11.5 Å². The van der Waals surface area contributed by atoms with E-state index in [0.29, 0.717) is 31.1 Å². The summed E-state index contributed by atoms with van der Waals surface area (Å²) in [4.78, 5) is 27.8. The molecule has 2 heterocycles. The van der Waals surface area contributed by atoms with Crippen molar-refractivity contribution in [2.75, 3.05) is 6.54 Å². The maximum absolute atomic E-state index is 11.9. The Bertz CT molecular complexity index is 660. The van der Waals surface area contributed by atoms with Gasteiger partial charge in [-0.3, -0.25) is 9.59 Å². The Labute approximate surface area is 115 Å². The molecule has 0 aliphatic rings. The van der Waals surface area contributed by atoms with Crippen LogP contribution < -0.4 is 10.9 Å². The molecular formula is C13H16N4O3. The van der Waals surface area contributed by atoms with Crippen LogP contribution in [0.3, 0.4) is 0 Å². The van der Waals surface area contributed by atoms with Crippen molar-refractivity contribution in [2.45, 2.75) is 19.8 Å². The van der Waals surface area contributed by atoms with Gasteiger partial charge >= 0.3 is 0 Å². The molecule has 2 rings (SSSR count). The first-order chi connectivity index (χ1) is 9.61. The van der Waals surface area contributed by atoms with Crippen molar-refractivity contribution < 1.29 is 9.32 Å². The van der Waals surface area contributed by atoms with Gasteiger partial charge in [-0.15, -0.1) is 0 Å². The van der Waals surface area contributed by atoms with Gasteiger partial charge in [-0.2, -0.15) is 4.98 Å². The Kier molecular flexibility index (Phi) is 4.29. The third-order valence-electron chi connectivity index (χ3n) is 2.81. The molecule has 106 valence electrons. The first-order valence-electron chi connectivity index (χ1n) is 6.37. The van der Waals surface area contributed by atoms with E-state index in [2.05, 4.69) is 15.5 Å². The predicted octanol–water partition coefficient (Wildman–Crippen LogP) is 0.303. The summed E-state index contributed by atoms with van der Waals surface area (Å²) in [5.41, 5.74) is -0.199. The summed E-state index contributed by atoms with van der Waals surface area (Å²) in [7, 11) is 1.60. The van der Waals surface area contributed by atoms with Gasteiger partial charge in [0.15, 0.2) is 5.82 Å². The van der Waals surface area contributed by atoms with Crippen LogP contribution >= 0.6 is 0 Å². The van der Waals surface area contributed by atoms with E-state index in [1.54, 1.807) is 19.3 Å². The quantitative estimate of drug-likeness (QED) is 0.848. The Morgan fingerprint density at radius 1 is 1.50 bits per heavy atom. The predicted molar refractivity (Wildman–Crippen MR) is 71.4 cm³/mol. The molecule has 1 N–H and O–H groups in total. The number of nitrogens with one attached hydrogen (secondary N) is 1. The normalized spacial score (nSPS) is 10.5. The molecule has 0 fully saturated rings. The smallest absolute Gasteiger partial charge is 0.263 e. The van der Waals surface area contributed by atoms with Gasteiger partial charge < -0.3 is 14.4 Å². The molecule has 7 heteroatoms. The van der Waals surface area contributed by atoms with E-state index in [1.165, 1.54) is 10.6 Å². The summed E-state index contributed by atoms with van der Waals surface area (Å²) in [5.74, 6) is 0.719. The average Bonchev–Trinajstić information content (AvgIpc) is 2.89. The van der Waals surface area contributed by atoms with Crippen molar-refractivity contribution >= 4 is 5.91 Å². The second kappa shape index (κ2) is 6.14. The fourth-order valence-electron chi connectivity index (χ4n) is 1.69. The molecule has 0 aliphatic heterocycles. The zero-order chi connectivity index (χ0) is 14.5. The zero-order valence-corrected chi connectivity index (χ0v) is 11.4. The largest absolute Gasteiger partial charge is 0.351 e. The highest BCUT2D eigenvalue weighted by molar-refractivity contribution is 5.93. The highest BCUT2D eigenvalue weighted by Gasteiger charge is 2.11. The summed E-state index contributed by atoms with van der Waals surface area (Å²) in [6.07, 6.45) is 2.74. The molecule has 0 saturated carbocycles. The molecule has 2 aromatic heterocycles. The van der Waals surface area contributed by atoms with Crippen LogP contribution in [0, 0.1) is 0 Å². The molecule has 0 saturated heterocycles. The first-order valence-corrected chi connectivity index (χ1v) is 6.37. The van der Waals surface area contributed by atoms with E-state index in [1.807, 2.05) is 6.92 Å². The van der Waals surface area contributed by atoms with Crippen LogP contribution in [-0.4, -0.2) is 27.2 Å². The summed E-state index contributed by atoms with van der Waals surface area (Å²) in [6, 6.07) is 3.16. The van der Waals surface area contributed by atoms with Gasteiger partial charge in [0.05, 0.1) is 0 Å². The number of carbonyl (C=O) groups excluding carboxylic acids is 1. The standard InChI is InChI=1S/C13H16N4O3/c1-3-11-15-10(16-20-11)6-7-14-12(18)9-5-4-8-17(2)13(9)19/h4-5,8H,3,6-7H2,1-2H3,(H,14,18). The van der Waals surface area contributed by atoms with Gasteiger partial charge in [0, 0.05) is 32.6 Å². The fraction of sp³-hybridized carbons (Fsp3) is 0.385. The SMILES string of the molecule is CCc1nc(CCNC(=O)c2cccn(C)c2=O)no1. The first kappa shape index (κ1) is 14.0. The number of hydrogen-bond donors (Lipinski definition) is 1. The van der Waals surface area contributed by atoms with E-state index in [9.17, 15) is 9.59 Å². The lowest BCUT2D eigenvalue weighted by Crippen LogP contribution is -2.33. The van der Waals surface area contributed by atoms with Crippen molar-refractivity contribution in [1.29, 1.82) is 0 Å². The summed E-state index contributed by atoms with van der Waals surface area (Å²) in [6.45, 7) is 2.27. The van der Waals surface area contributed by atoms with Crippen LogP contribution in [0.5, 0.6) is 0 Å². The van der Waals surface area contributed by atoms with E-state index in [-0.39, 0.29) is 11.1 Å². The number of nitrogens with zero attached hydrogens (tertiary/aromatic N) is 3. The van der Waals surface area contributed by atoms with E-state index in [4.69, 9.17) is 4.52 Å². The number of amides is 1. The highest BCUT2D eigenvalue weighted by atomic mass is 16.5.